The Balaban J connectivity index is 1.56. The number of carbonyl (C=O) groups excluding carboxylic acids is 12. The molecule has 2 aliphatic heterocycles. The normalized spacial score (nSPS) is 16.8. The van der Waals surface area contributed by atoms with Crippen LogP contribution in [0.3, 0.4) is 0 Å². The van der Waals surface area contributed by atoms with Gasteiger partial charge in [0.1, 0.15) is 54.4 Å². The minimum absolute atomic E-state index is 0.0706. The Kier molecular flexibility index (Phi) is 33.9. The van der Waals surface area contributed by atoms with E-state index in [-0.39, 0.29) is 83.0 Å². The average Bonchev–Trinajstić information content (AvgIpc) is 1.74. The zero-order chi connectivity index (χ0) is 70.1. The first-order valence-electron chi connectivity index (χ1n) is 32.1. The highest BCUT2D eigenvalue weighted by molar-refractivity contribution is 7.98. The molecule has 0 aromatic heterocycles. The van der Waals surface area contributed by atoms with Crippen molar-refractivity contribution < 1.29 is 67.4 Å². The molecule has 0 bridgehead atoms. The van der Waals surface area contributed by atoms with E-state index in [1.807, 2.05) is 0 Å². The van der Waals surface area contributed by atoms with E-state index in [2.05, 4.69) is 47.5 Å². The van der Waals surface area contributed by atoms with E-state index < -0.39 is 170 Å². The lowest BCUT2D eigenvalue weighted by molar-refractivity contribution is -0.144. The molecule has 2 aliphatic rings. The van der Waals surface area contributed by atoms with Crippen molar-refractivity contribution >= 4 is 94.6 Å². The van der Waals surface area contributed by atoms with Gasteiger partial charge in [0.15, 0.2) is 5.96 Å². The third-order valence-electron chi connectivity index (χ3n) is 16.0. The van der Waals surface area contributed by atoms with Gasteiger partial charge in [-0.15, -0.1) is 0 Å². The van der Waals surface area contributed by atoms with Crippen molar-refractivity contribution in [2.45, 2.75) is 183 Å². The highest BCUT2D eigenvalue weighted by Gasteiger charge is 2.42. The van der Waals surface area contributed by atoms with Gasteiger partial charge in [-0.05, 0) is 119 Å². The largest absolute Gasteiger partial charge is 0.480 e. The van der Waals surface area contributed by atoms with Crippen molar-refractivity contribution in [3.63, 3.8) is 0 Å². The molecule has 10 atom stereocenters. The molecule has 0 aliphatic carbocycles. The van der Waals surface area contributed by atoms with Gasteiger partial charge in [-0.1, -0.05) is 74.5 Å². The molecule has 4 rings (SSSR count). The number of benzene rings is 2. The van der Waals surface area contributed by atoms with E-state index in [4.69, 9.17) is 34.4 Å². The lowest BCUT2D eigenvalue weighted by Crippen LogP contribution is -2.60. The third-order valence-corrected chi connectivity index (χ3v) is 16.6. The number of thioether (sulfide) groups is 1. The Morgan fingerprint density at radius 1 is 0.558 bits per heavy atom. The van der Waals surface area contributed by atoms with E-state index in [1.54, 1.807) is 80.8 Å². The number of aliphatic carboxylic acids is 1. The van der Waals surface area contributed by atoms with Crippen LogP contribution < -0.4 is 76.9 Å². The summed E-state index contributed by atoms with van der Waals surface area (Å²) in [6.07, 6.45) is 2.86. The summed E-state index contributed by atoms with van der Waals surface area (Å²) in [7, 11) is 0. The lowest BCUT2D eigenvalue weighted by Gasteiger charge is -2.32. The average molecular weight is 1350 g/mol. The zero-order valence-corrected chi connectivity index (χ0v) is 55.2. The Morgan fingerprint density at radius 3 is 1.53 bits per heavy atom. The number of likely N-dealkylation sites (tertiary alicyclic amines) is 2. The first-order chi connectivity index (χ1) is 45.2. The Hall–Kier alpha value is -8.91. The van der Waals surface area contributed by atoms with Crippen LogP contribution in [-0.2, 0) is 75.2 Å². The molecule has 2 aromatic carbocycles. The van der Waals surface area contributed by atoms with Gasteiger partial charge in [-0.2, -0.15) is 11.8 Å². The Labute approximate surface area is 557 Å². The first kappa shape index (κ1) is 78.5. The number of amides is 12. The Bertz CT molecular complexity index is 2960. The molecule has 12 amide bonds. The van der Waals surface area contributed by atoms with Gasteiger partial charge >= 0.3 is 5.97 Å². The topological polar surface area (TPSA) is 513 Å². The minimum Gasteiger partial charge on any atom is -0.480 e. The second-order valence-electron chi connectivity index (χ2n) is 24.1. The highest BCUT2D eigenvalue weighted by atomic mass is 32.2. The number of nitrogens with zero attached hydrogens (tertiary/aromatic N) is 3. The molecule has 2 saturated heterocycles. The number of carboxylic acids is 1. The van der Waals surface area contributed by atoms with Crippen molar-refractivity contribution in [2.24, 2.45) is 45.3 Å². The number of carboxylic acid groups (broad SMARTS) is 1. The van der Waals surface area contributed by atoms with E-state index in [9.17, 15) is 67.4 Å². The summed E-state index contributed by atoms with van der Waals surface area (Å²) in [5.74, 6) is -10.6. The molecule has 2 heterocycles. The zero-order valence-electron chi connectivity index (χ0n) is 54.4. The summed E-state index contributed by atoms with van der Waals surface area (Å²) in [6.45, 7) is 3.78. The van der Waals surface area contributed by atoms with Crippen molar-refractivity contribution in [2.75, 3.05) is 44.7 Å². The number of primary amides is 2. The third kappa shape index (κ3) is 27.5. The van der Waals surface area contributed by atoms with Gasteiger partial charge in [0.25, 0.3) is 0 Å². The molecule has 2 fully saturated rings. The fourth-order valence-electron chi connectivity index (χ4n) is 11.0. The fourth-order valence-corrected chi connectivity index (χ4v) is 11.5. The second kappa shape index (κ2) is 41.0. The number of nitrogens with one attached hydrogen (secondary N) is 8. The van der Waals surface area contributed by atoms with Gasteiger partial charge in [-0.3, -0.25) is 62.5 Å². The summed E-state index contributed by atoms with van der Waals surface area (Å²) in [5, 5.41) is 30.6. The van der Waals surface area contributed by atoms with E-state index in [0.717, 1.165) is 0 Å². The first-order valence-corrected chi connectivity index (χ1v) is 33.5. The van der Waals surface area contributed by atoms with Crippen LogP contribution in [0.1, 0.15) is 121 Å². The number of aliphatic imine (C=N–C) groups is 1. The maximum atomic E-state index is 14.7. The molecule has 0 unspecified atom stereocenters. The quantitative estimate of drug-likeness (QED) is 0.0178. The summed E-state index contributed by atoms with van der Waals surface area (Å²) < 4.78 is 0. The van der Waals surface area contributed by atoms with Gasteiger partial charge in [0, 0.05) is 45.3 Å². The van der Waals surface area contributed by atoms with E-state index in [0.29, 0.717) is 55.4 Å². The number of hydrogen-bond donors (Lipinski definition) is 15. The fraction of sp³-hybridized carbons (Fsp3) is 0.587. The van der Waals surface area contributed by atoms with Crippen LogP contribution in [0.25, 0.3) is 0 Å². The van der Waals surface area contributed by atoms with Gasteiger partial charge in [0.05, 0.1) is 12.6 Å². The number of rotatable bonds is 42. The molecule has 31 nitrogen and oxygen atoms in total. The molecule has 95 heavy (non-hydrogen) atoms. The molecule has 2 aromatic rings. The predicted octanol–water partition coefficient (Wildman–Crippen LogP) is -3.11. The van der Waals surface area contributed by atoms with Crippen LogP contribution in [0.5, 0.6) is 0 Å². The maximum absolute atomic E-state index is 14.7. The molecule has 0 spiro atoms. The van der Waals surface area contributed by atoms with E-state index in [1.165, 1.54) is 21.6 Å². The van der Waals surface area contributed by atoms with Crippen molar-refractivity contribution in [1.82, 2.24) is 52.3 Å². The van der Waals surface area contributed by atoms with E-state index >= 15 is 0 Å². The number of hydrogen-bond acceptors (Lipinski definition) is 17. The molecule has 524 valence electrons. The molecule has 0 saturated carbocycles. The van der Waals surface area contributed by atoms with Crippen LogP contribution in [0.4, 0.5) is 0 Å². The molecular formula is C63H97N17O14S. The smallest absolute Gasteiger partial charge is 0.326 e. The van der Waals surface area contributed by atoms with Crippen molar-refractivity contribution in [3.8, 4) is 0 Å². The molecule has 21 N–H and O–H groups in total. The second-order valence-corrected chi connectivity index (χ2v) is 25.0. The molecule has 32 heteroatoms. The monoisotopic (exact) mass is 1350 g/mol. The van der Waals surface area contributed by atoms with Crippen LogP contribution >= 0.6 is 11.8 Å². The predicted molar refractivity (Wildman–Crippen MR) is 354 cm³/mol. The minimum atomic E-state index is -1.65. The standard InChI is InChI=1S/C63H97N17O14S/c1-37(2)33-45(56(87)76-44(62(93)94)27-32-95-3)72-52(83)36-71-53(84)46(34-38-15-6-4-7-16-38)77-57(88)47(35-39-17-8-5-9-18-39)78-55(86)41(23-25-50(66)81)73-54(85)42(24-26-51(67)82)74-58(89)49-22-14-31-80(49)61(92)43(20-10-11-28-64)75-59(90)48-21-13-30-79(48)60(91)40(65)19-12-29-70-63(68)69/h4-9,15-18,37,40-49H,10-14,19-36,64-65H2,1-3H3,(H2,66,81)(H2,67,82)(H,71,84)(H,72,83)(H,73,85)(H,74,89)(H,75,90)(H,76,87)(H,77,88)(H,78,86)(H,93,94)(H4,68,69,70)/t40-,41+,42+,43-,44-,45-,46-,47-,48-,49+/m0/s1. The SMILES string of the molecule is CSCC[C@H](NC(=O)[C@H](CC(C)C)NC(=O)CNC(=O)[C@H](Cc1ccccc1)NC(=O)[C@H](Cc1ccccc1)NC(=O)[C@@H](CCC(N)=O)NC(=O)[C@@H](CCC(N)=O)NC(=O)[C@H]1CCCN1C(=O)[C@H](CCCCN)NC(=O)[C@@H]1CCCN1C(=O)[C@@H](N)CCCN=C(N)N)C(=O)O. The summed E-state index contributed by atoms with van der Waals surface area (Å²) in [6, 6.07) is 4.12. The number of nitrogens with two attached hydrogens (primary N) is 6. The van der Waals surface area contributed by atoms with Gasteiger partial charge in [0.2, 0.25) is 70.9 Å². The van der Waals surface area contributed by atoms with Gasteiger partial charge in [-0.25, -0.2) is 4.79 Å². The van der Waals surface area contributed by atoms with Crippen LogP contribution in [0.15, 0.2) is 65.7 Å². The van der Waals surface area contributed by atoms with Crippen LogP contribution in [0.2, 0.25) is 0 Å². The summed E-state index contributed by atoms with van der Waals surface area (Å²) >= 11 is 1.40. The van der Waals surface area contributed by atoms with Crippen LogP contribution in [0, 0.1) is 5.92 Å². The number of carbonyl (C=O) groups is 13. The van der Waals surface area contributed by atoms with Gasteiger partial charge < -0.3 is 91.8 Å². The lowest BCUT2D eigenvalue weighted by atomic mass is 10.0. The van der Waals surface area contributed by atoms with Crippen LogP contribution in [-0.4, -0.2) is 203 Å². The van der Waals surface area contributed by atoms with Crippen molar-refractivity contribution in [1.29, 1.82) is 0 Å². The maximum Gasteiger partial charge on any atom is 0.326 e. The molecule has 0 radical (unpaired) electrons. The Morgan fingerprint density at radius 2 is 1.03 bits per heavy atom. The highest BCUT2D eigenvalue weighted by Crippen LogP contribution is 2.24. The summed E-state index contributed by atoms with van der Waals surface area (Å²) in [5.41, 5.74) is 35.0. The number of guanidine groups is 1. The molecular weight excluding hydrogens is 1250 g/mol. The number of unbranched alkanes of at least 4 members (excludes halogenated alkanes) is 1. The van der Waals surface area contributed by atoms with Crippen molar-refractivity contribution in [3.05, 3.63) is 71.8 Å². The summed E-state index contributed by atoms with van der Waals surface area (Å²) in [4.78, 5) is 184.